The minimum atomic E-state index is -1.19. The second-order valence-electron chi connectivity index (χ2n) is 5.37. The van der Waals surface area contributed by atoms with Crippen LogP contribution in [-0.4, -0.2) is 35.7 Å². The van der Waals surface area contributed by atoms with Gasteiger partial charge in [0.25, 0.3) is 0 Å². The third kappa shape index (κ3) is 2.83. The van der Waals surface area contributed by atoms with Crippen LogP contribution in [0.25, 0.3) is 0 Å². The quantitative estimate of drug-likeness (QED) is 0.746. The predicted octanol–water partition coefficient (Wildman–Crippen LogP) is 1.32. The van der Waals surface area contributed by atoms with Crippen molar-refractivity contribution in [3.63, 3.8) is 0 Å². The van der Waals surface area contributed by atoms with Crippen LogP contribution in [0.1, 0.15) is 44.9 Å². The number of hydrogen-bond donors (Lipinski definition) is 2. The van der Waals surface area contributed by atoms with Gasteiger partial charge in [-0.2, -0.15) is 0 Å². The molecule has 0 spiro atoms. The Morgan fingerprint density at radius 3 is 2.33 bits per heavy atom. The van der Waals surface area contributed by atoms with Crippen molar-refractivity contribution in [3.05, 3.63) is 0 Å². The summed E-state index contributed by atoms with van der Waals surface area (Å²) in [7, 11) is 0. The monoisotopic (exact) mass is 255 g/mol. The molecule has 5 heteroatoms. The molecule has 1 amide bonds. The standard InChI is InChI=1S/C13H21NO4/c15-11(10-5-3-1-2-4-6-10)14-13(12(16)17)7-8-18-9-13/h10H,1-9H2,(H,14,15)(H,16,17). The van der Waals surface area contributed by atoms with Gasteiger partial charge in [-0.3, -0.25) is 4.79 Å². The van der Waals surface area contributed by atoms with Crippen molar-refractivity contribution in [2.75, 3.05) is 13.2 Å². The molecule has 1 aliphatic heterocycles. The Labute approximate surface area is 107 Å². The van der Waals surface area contributed by atoms with Gasteiger partial charge >= 0.3 is 5.97 Å². The molecular weight excluding hydrogens is 234 g/mol. The van der Waals surface area contributed by atoms with Crippen molar-refractivity contribution in [1.82, 2.24) is 5.32 Å². The average molecular weight is 255 g/mol. The van der Waals surface area contributed by atoms with Crippen LogP contribution in [0.5, 0.6) is 0 Å². The SMILES string of the molecule is O=C(NC1(C(=O)O)CCOC1)C1CCCCCC1. The molecule has 0 bridgehead atoms. The highest BCUT2D eigenvalue weighted by Crippen LogP contribution is 2.25. The Kier molecular flexibility index (Phi) is 4.22. The maximum atomic E-state index is 12.2. The summed E-state index contributed by atoms with van der Waals surface area (Å²) < 4.78 is 5.14. The van der Waals surface area contributed by atoms with Crippen LogP contribution in [0, 0.1) is 5.92 Å². The van der Waals surface area contributed by atoms with Gasteiger partial charge in [-0.05, 0) is 12.8 Å². The van der Waals surface area contributed by atoms with Crippen LogP contribution in [0.4, 0.5) is 0 Å². The van der Waals surface area contributed by atoms with Gasteiger partial charge in [-0.15, -0.1) is 0 Å². The molecule has 2 fully saturated rings. The molecule has 1 heterocycles. The number of carbonyl (C=O) groups excluding carboxylic acids is 1. The molecule has 1 aliphatic carbocycles. The zero-order valence-corrected chi connectivity index (χ0v) is 10.6. The normalized spacial score (nSPS) is 29.8. The highest BCUT2D eigenvalue weighted by atomic mass is 16.5. The number of nitrogens with one attached hydrogen (secondary N) is 1. The average Bonchev–Trinajstić information content (AvgIpc) is 2.65. The lowest BCUT2D eigenvalue weighted by Crippen LogP contribution is -2.56. The summed E-state index contributed by atoms with van der Waals surface area (Å²) in [5.41, 5.74) is -1.19. The minimum Gasteiger partial charge on any atom is -0.479 e. The molecule has 5 nitrogen and oxygen atoms in total. The highest BCUT2D eigenvalue weighted by molar-refractivity contribution is 5.88. The smallest absolute Gasteiger partial charge is 0.331 e. The first kappa shape index (κ1) is 13.3. The number of ether oxygens (including phenoxy) is 1. The predicted molar refractivity (Wildman–Crippen MR) is 65.1 cm³/mol. The van der Waals surface area contributed by atoms with E-state index in [0.29, 0.717) is 13.0 Å². The summed E-state index contributed by atoms with van der Waals surface area (Å²) in [4.78, 5) is 23.5. The molecular formula is C13H21NO4. The summed E-state index contributed by atoms with van der Waals surface area (Å²) >= 11 is 0. The number of carboxylic acids is 1. The Balaban J connectivity index is 1.98. The van der Waals surface area contributed by atoms with Crippen molar-refractivity contribution in [3.8, 4) is 0 Å². The molecule has 1 unspecified atom stereocenters. The van der Waals surface area contributed by atoms with Gasteiger partial charge in [-0.1, -0.05) is 25.7 Å². The lowest BCUT2D eigenvalue weighted by atomic mass is 9.94. The fourth-order valence-corrected chi connectivity index (χ4v) is 2.77. The van der Waals surface area contributed by atoms with Crippen LogP contribution < -0.4 is 5.32 Å². The molecule has 0 radical (unpaired) electrons. The molecule has 1 saturated carbocycles. The number of amides is 1. The van der Waals surface area contributed by atoms with Crippen molar-refractivity contribution < 1.29 is 19.4 Å². The van der Waals surface area contributed by atoms with E-state index in [1.807, 2.05) is 0 Å². The lowest BCUT2D eigenvalue weighted by Gasteiger charge is -2.26. The van der Waals surface area contributed by atoms with E-state index in [-0.39, 0.29) is 18.4 Å². The summed E-state index contributed by atoms with van der Waals surface area (Å²) in [6.07, 6.45) is 6.60. The number of carbonyl (C=O) groups is 2. The first-order valence-corrected chi connectivity index (χ1v) is 6.77. The van der Waals surface area contributed by atoms with Gasteiger partial charge in [0, 0.05) is 18.9 Å². The van der Waals surface area contributed by atoms with Crippen LogP contribution in [0.2, 0.25) is 0 Å². The Hall–Kier alpha value is -1.10. The first-order valence-electron chi connectivity index (χ1n) is 6.77. The van der Waals surface area contributed by atoms with E-state index >= 15 is 0 Å². The Morgan fingerprint density at radius 2 is 1.83 bits per heavy atom. The zero-order chi connectivity index (χ0) is 13.0. The molecule has 0 aromatic carbocycles. The fraction of sp³-hybridized carbons (Fsp3) is 0.846. The summed E-state index contributed by atoms with van der Waals surface area (Å²) in [5.74, 6) is -1.11. The molecule has 2 rings (SSSR count). The molecule has 1 atom stereocenters. The number of carboxylic acid groups (broad SMARTS) is 1. The third-order valence-electron chi connectivity index (χ3n) is 4.02. The van der Waals surface area contributed by atoms with E-state index in [9.17, 15) is 14.7 Å². The van der Waals surface area contributed by atoms with Crippen molar-refractivity contribution >= 4 is 11.9 Å². The van der Waals surface area contributed by atoms with E-state index in [4.69, 9.17) is 4.74 Å². The largest absolute Gasteiger partial charge is 0.479 e. The summed E-state index contributed by atoms with van der Waals surface area (Å²) in [6.45, 7) is 0.484. The van der Waals surface area contributed by atoms with Crippen molar-refractivity contribution in [2.24, 2.45) is 5.92 Å². The molecule has 1 saturated heterocycles. The van der Waals surface area contributed by atoms with Crippen molar-refractivity contribution in [1.29, 1.82) is 0 Å². The van der Waals surface area contributed by atoms with E-state index in [1.165, 1.54) is 12.8 Å². The van der Waals surface area contributed by atoms with E-state index in [2.05, 4.69) is 5.32 Å². The maximum absolute atomic E-state index is 12.2. The van der Waals surface area contributed by atoms with Gasteiger partial charge in [0.15, 0.2) is 5.54 Å². The van der Waals surface area contributed by atoms with Gasteiger partial charge in [0.2, 0.25) is 5.91 Å². The van der Waals surface area contributed by atoms with Crippen molar-refractivity contribution in [2.45, 2.75) is 50.5 Å². The molecule has 102 valence electrons. The Bertz CT molecular complexity index is 315. The molecule has 0 aromatic heterocycles. The van der Waals surface area contributed by atoms with Crippen LogP contribution in [-0.2, 0) is 14.3 Å². The third-order valence-corrected chi connectivity index (χ3v) is 4.02. The van der Waals surface area contributed by atoms with Crippen LogP contribution in [0.3, 0.4) is 0 Å². The second kappa shape index (κ2) is 5.69. The van der Waals surface area contributed by atoms with E-state index < -0.39 is 11.5 Å². The van der Waals surface area contributed by atoms with Crippen LogP contribution in [0.15, 0.2) is 0 Å². The molecule has 0 aromatic rings. The Morgan fingerprint density at radius 1 is 1.17 bits per heavy atom. The zero-order valence-electron chi connectivity index (χ0n) is 10.6. The summed E-state index contributed by atoms with van der Waals surface area (Å²) in [6, 6.07) is 0. The number of hydrogen-bond acceptors (Lipinski definition) is 3. The minimum absolute atomic E-state index is 0.0238. The van der Waals surface area contributed by atoms with Gasteiger partial charge in [0.05, 0.1) is 6.61 Å². The summed E-state index contributed by atoms with van der Waals surface area (Å²) in [5, 5.41) is 12.0. The maximum Gasteiger partial charge on any atom is 0.331 e. The molecule has 2 N–H and O–H groups in total. The van der Waals surface area contributed by atoms with E-state index in [0.717, 1.165) is 25.7 Å². The van der Waals surface area contributed by atoms with Gasteiger partial charge in [-0.25, -0.2) is 4.79 Å². The number of rotatable bonds is 3. The molecule has 2 aliphatic rings. The molecule has 18 heavy (non-hydrogen) atoms. The fourth-order valence-electron chi connectivity index (χ4n) is 2.77. The van der Waals surface area contributed by atoms with Crippen LogP contribution >= 0.6 is 0 Å². The number of aliphatic carboxylic acids is 1. The highest BCUT2D eigenvalue weighted by Gasteiger charge is 2.44. The van der Waals surface area contributed by atoms with Gasteiger partial charge < -0.3 is 15.2 Å². The van der Waals surface area contributed by atoms with E-state index in [1.54, 1.807) is 0 Å². The topological polar surface area (TPSA) is 75.6 Å². The second-order valence-corrected chi connectivity index (χ2v) is 5.37. The first-order chi connectivity index (χ1) is 8.64. The lowest BCUT2D eigenvalue weighted by molar-refractivity contribution is -0.148. The van der Waals surface area contributed by atoms with Gasteiger partial charge in [0.1, 0.15) is 0 Å².